The molecule has 5 rings (SSSR count). The van der Waals surface area contributed by atoms with Crippen LogP contribution < -0.4 is 10.2 Å². The fourth-order valence-corrected chi connectivity index (χ4v) is 3.93. The maximum absolute atomic E-state index is 12.3. The molecular formula is C23H19ClN4O. The van der Waals surface area contributed by atoms with E-state index in [1.807, 2.05) is 60.7 Å². The number of fused-ring (bicyclic) bond motifs is 3. The number of nitrogens with zero attached hydrogens (tertiary/aromatic N) is 3. The van der Waals surface area contributed by atoms with E-state index < -0.39 is 0 Å². The van der Waals surface area contributed by atoms with Gasteiger partial charge < -0.3 is 14.8 Å². The summed E-state index contributed by atoms with van der Waals surface area (Å²) < 4.78 is 2.26. The molecular weight excluding hydrogens is 384 g/mol. The molecule has 6 heteroatoms. The molecule has 0 fully saturated rings. The van der Waals surface area contributed by atoms with Crippen LogP contribution in [-0.4, -0.2) is 22.0 Å². The van der Waals surface area contributed by atoms with E-state index in [-0.39, 0.29) is 5.91 Å². The fourth-order valence-electron chi connectivity index (χ4n) is 3.76. The molecule has 0 atom stereocenters. The first kappa shape index (κ1) is 17.8. The number of carbonyl (C=O) groups excluding carboxylic acids is 1. The smallest absolute Gasteiger partial charge is 0.255 e. The van der Waals surface area contributed by atoms with Crippen LogP contribution in [0.15, 0.2) is 72.8 Å². The Hall–Kier alpha value is -3.31. The predicted octanol–water partition coefficient (Wildman–Crippen LogP) is 4.96. The average Bonchev–Trinajstić information content (AvgIpc) is 3.11. The van der Waals surface area contributed by atoms with E-state index in [0.29, 0.717) is 10.6 Å². The van der Waals surface area contributed by atoms with Crippen LogP contribution in [0.3, 0.4) is 0 Å². The predicted molar refractivity (Wildman–Crippen MR) is 117 cm³/mol. The second-order valence-corrected chi connectivity index (χ2v) is 7.54. The molecule has 0 bridgehead atoms. The van der Waals surface area contributed by atoms with Gasteiger partial charge in [0.05, 0.1) is 17.6 Å². The number of aromatic nitrogens is 2. The second kappa shape index (κ2) is 7.26. The van der Waals surface area contributed by atoms with E-state index in [1.165, 1.54) is 0 Å². The van der Waals surface area contributed by atoms with Crippen molar-refractivity contribution in [3.05, 3.63) is 89.2 Å². The third-order valence-electron chi connectivity index (χ3n) is 5.24. The molecule has 29 heavy (non-hydrogen) atoms. The molecule has 1 aliphatic heterocycles. The van der Waals surface area contributed by atoms with Crippen LogP contribution in [-0.2, 0) is 13.1 Å². The normalized spacial score (nSPS) is 13.3. The molecule has 0 aliphatic carbocycles. The van der Waals surface area contributed by atoms with Crippen molar-refractivity contribution in [1.29, 1.82) is 0 Å². The summed E-state index contributed by atoms with van der Waals surface area (Å²) in [6, 6.07) is 23.0. The van der Waals surface area contributed by atoms with E-state index in [4.69, 9.17) is 16.6 Å². The molecule has 1 aromatic heterocycles. The molecule has 5 nitrogen and oxygen atoms in total. The molecule has 144 valence electrons. The quantitative estimate of drug-likeness (QED) is 0.526. The van der Waals surface area contributed by atoms with Crippen molar-refractivity contribution >= 4 is 39.9 Å². The Balaban J connectivity index is 1.32. The lowest BCUT2D eigenvalue weighted by Crippen LogP contribution is -2.33. The Labute approximate surface area is 173 Å². The number of hydrogen-bond donors (Lipinski definition) is 1. The summed E-state index contributed by atoms with van der Waals surface area (Å²) >= 11 is 6.11. The molecule has 1 N–H and O–H groups in total. The Kier molecular flexibility index (Phi) is 4.45. The Morgan fingerprint density at radius 2 is 1.76 bits per heavy atom. The van der Waals surface area contributed by atoms with Crippen molar-refractivity contribution in [1.82, 2.24) is 9.55 Å². The Morgan fingerprint density at radius 1 is 0.966 bits per heavy atom. The SMILES string of the molecule is O=C(Nc1ccc(N2CCn3c(nc4cc(Cl)ccc43)C2)cc1)c1ccccc1. The van der Waals surface area contributed by atoms with Crippen molar-refractivity contribution in [2.75, 3.05) is 16.8 Å². The van der Waals surface area contributed by atoms with E-state index in [0.717, 1.165) is 47.9 Å². The van der Waals surface area contributed by atoms with Gasteiger partial charge in [-0.3, -0.25) is 4.79 Å². The van der Waals surface area contributed by atoms with Crippen LogP contribution >= 0.6 is 11.6 Å². The zero-order chi connectivity index (χ0) is 19.8. The van der Waals surface area contributed by atoms with Gasteiger partial charge in [-0.1, -0.05) is 29.8 Å². The molecule has 0 spiro atoms. The van der Waals surface area contributed by atoms with Gasteiger partial charge in [-0.15, -0.1) is 0 Å². The number of carbonyl (C=O) groups is 1. The lowest BCUT2D eigenvalue weighted by Gasteiger charge is -2.30. The highest BCUT2D eigenvalue weighted by molar-refractivity contribution is 6.31. The molecule has 0 radical (unpaired) electrons. The number of rotatable bonds is 3. The number of halogens is 1. The lowest BCUT2D eigenvalue weighted by atomic mass is 10.2. The third-order valence-corrected chi connectivity index (χ3v) is 5.48. The van der Waals surface area contributed by atoms with Gasteiger partial charge in [-0.05, 0) is 54.6 Å². The van der Waals surface area contributed by atoms with Gasteiger partial charge in [0.25, 0.3) is 5.91 Å². The first-order valence-corrected chi connectivity index (χ1v) is 9.91. The monoisotopic (exact) mass is 402 g/mol. The van der Waals surface area contributed by atoms with Gasteiger partial charge in [-0.25, -0.2) is 4.98 Å². The number of nitrogens with one attached hydrogen (secondary N) is 1. The highest BCUT2D eigenvalue weighted by Gasteiger charge is 2.20. The summed E-state index contributed by atoms with van der Waals surface area (Å²) in [5.74, 6) is 0.929. The van der Waals surface area contributed by atoms with Gasteiger partial charge in [0.15, 0.2) is 0 Å². The molecule has 4 aromatic rings. The first-order valence-electron chi connectivity index (χ1n) is 9.53. The molecule has 0 unspecified atom stereocenters. The summed E-state index contributed by atoms with van der Waals surface area (Å²) in [7, 11) is 0. The highest BCUT2D eigenvalue weighted by atomic mass is 35.5. The molecule has 1 aliphatic rings. The standard InChI is InChI=1S/C23H19ClN4O/c24-17-6-11-21-20(14-17)26-22-15-27(12-13-28(21)22)19-9-7-18(8-10-19)25-23(29)16-4-2-1-3-5-16/h1-11,14H,12-13,15H2,(H,25,29). The Morgan fingerprint density at radius 3 is 2.55 bits per heavy atom. The number of amides is 1. The van der Waals surface area contributed by atoms with Crippen molar-refractivity contribution in [2.24, 2.45) is 0 Å². The van der Waals surface area contributed by atoms with Gasteiger partial charge in [0.2, 0.25) is 0 Å². The second-order valence-electron chi connectivity index (χ2n) is 7.10. The first-order chi connectivity index (χ1) is 14.2. The van der Waals surface area contributed by atoms with E-state index in [1.54, 1.807) is 12.1 Å². The average molecular weight is 403 g/mol. The fraction of sp³-hybridized carbons (Fsp3) is 0.130. The number of benzene rings is 3. The van der Waals surface area contributed by atoms with Gasteiger partial charge >= 0.3 is 0 Å². The van der Waals surface area contributed by atoms with Crippen molar-refractivity contribution in [3.8, 4) is 0 Å². The summed E-state index contributed by atoms with van der Waals surface area (Å²) in [5, 5.41) is 3.65. The van der Waals surface area contributed by atoms with Gasteiger partial charge in [0, 0.05) is 35.1 Å². The van der Waals surface area contributed by atoms with Crippen molar-refractivity contribution in [3.63, 3.8) is 0 Å². The lowest BCUT2D eigenvalue weighted by molar-refractivity contribution is 0.102. The van der Waals surface area contributed by atoms with Crippen LogP contribution in [0.5, 0.6) is 0 Å². The van der Waals surface area contributed by atoms with Gasteiger partial charge in [-0.2, -0.15) is 0 Å². The van der Waals surface area contributed by atoms with E-state index in [9.17, 15) is 4.79 Å². The topological polar surface area (TPSA) is 50.2 Å². The van der Waals surface area contributed by atoms with Crippen LogP contribution in [0, 0.1) is 0 Å². The summed E-state index contributed by atoms with van der Waals surface area (Å²) in [6.07, 6.45) is 0. The maximum Gasteiger partial charge on any atom is 0.255 e. The molecule has 2 heterocycles. The zero-order valence-corrected chi connectivity index (χ0v) is 16.4. The minimum Gasteiger partial charge on any atom is -0.362 e. The molecule has 1 amide bonds. The van der Waals surface area contributed by atoms with Crippen molar-refractivity contribution in [2.45, 2.75) is 13.1 Å². The highest BCUT2D eigenvalue weighted by Crippen LogP contribution is 2.27. The van der Waals surface area contributed by atoms with E-state index in [2.05, 4.69) is 14.8 Å². The molecule has 0 saturated heterocycles. The molecule has 3 aromatic carbocycles. The Bertz CT molecular complexity index is 1180. The third kappa shape index (κ3) is 3.45. The van der Waals surface area contributed by atoms with Crippen LogP contribution in [0.1, 0.15) is 16.2 Å². The zero-order valence-electron chi connectivity index (χ0n) is 15.7. The van der Waals surface area contributed by atoms with Gasteiger partial charge in [0.1, 0.15) is 5.82 Å². The number of imidazole rings is 1. The number of anilines is 2. The maximum atomic E-state index is 12.3. The van der Waals surface area contributed by atoms with Crippen molar-refractivity contribution < 1.29 is 4.79 Å². The largest absolute Gasteiger partial charge is 0.362 e. The summed E-state index contributed by atoms with van der Waals surface area (Å²) in [4.78, 5) is 19.4. The minimum absolute atomic E-state index is 0.108. The number of hydrogen-bond acceptors (Lipinski definition) is 3. The van der Waals surface area contributed by atoms with Crippen LogP contribution in [0.4, 0.5) is 11.4 Å². The van der Waals surface area contributed by atoms with Crippen LogP contribution in [0.25, 0.3) is 11.0 Å². The molecule has 0 saturated carbocycles. The minimum atomic E-state index is -0.108. The van der Waals surface area contributed by atoms with Crippen LogP contribution in [0.2, 0.25) is 5.02 Å². The summed E-state index contributed by atoms with van der Waals surface area (Å²) in [5.41, 5.74) is 4.60. The summed E-state index contributed by atoms with van der Waals surface area (Å²) in [6.45, 7) is 2.51. The van der Waals surface area contributed by atoms with E-state index >= 15 is 0 Å².